The van der Waals surface area contributed by atoms with Gasteiger partial charge in [0.15, 0.2) is 5.79 Å². The number of hydrogen-bond donors (Lipinski definition) is 1. The van der Waals surface area contributed by atoms with Crippen molar-refractivity contribution in [1.29, 1.82) is 0 Å². The molecule has 2 saturated carbocycles. The maximum absolute atomic E-state index is 12.6. The highest BCUT2D eigenvalue weighted by atomic mass is 32.2. The van der Waals surface area contributed by atoms with Crippen LogP contribution in [0.4, 0.5) is 0 Å². The predicted molar refractivity (Wildman–Crippen MR) is 98.5 cm³/mol. The van der Waals surface area contributed by atoms with Gasteiger partial charge in [0, 0.05) is 18.8 Å². The van der Waals surface area contributed by atoms with E-state index in [9.17, 15) is 13.5 Å². The molecule has 1 heterocycles. The van der Waals surface area contributed by atoms with Crippen molar-refractivity contribution in [2.75, 3.05) is 19.8 Å². The fourth-order valence-corrected chi connectivity index (χ4v) is 6.13. The van der Waals surface area contributed by atoms with Gasteiger partial charge in [0.05, 0.1) is 30.8 Å². The van der Waals surface area contributed by atoms with Crippen LogP contribution in [-0.2, 0) is 23.8 Å². The Kier molecular flexibility index (Phi) is 4.88. The lowest BCUT2D eigenvalue weighted by molar-refractivity contribution is -0.157. The van der Waals surface area contributed by atoms with E-state index in [0.29, 0.717) is 26.1 Å². The lowest BCUT2D eigenvalue weighted by atomic mass is 9.63. The fraction of sp³-hybridized carbons (Fsp3) is 0.700. The minimum atomic E-state index is -3.85. The third kappa shape index (κ3) is 3.56. The normalized spacial score (nSPS) is 35.4. The Morgan fingerprint density at radius 1 is 1.22 bits per heavy atom. The summed E-state index contributed by atoms with van der Waals surface area (Å²) < 4.78 is 42.3. The molecule has 7 heteroatoms. The Morgan fingerprint density at radius 2 is 1.89 bits per heavy atom. The maximum atomic E-state index is 12.6. The summed E-state index contributed by atoms with van der Waals surface area (Å²) in [5.74, 6) is -0.721. The van der Waals surface area contributed by atoms with Crippen molar-refractivity contribution in [2.45, 2.75) is 56.3 Å². The lowest BCUT2D eigenvalue weighted by Crippen LogP contribution is -2.43. The number of aryl methyl sites for hydroxylation is 1. The van der Waals surface area contributed by atoms with Gasteiger partial charge in [-0.15, -0.1) is 0 Å². The Bertz CT molecular complexity index is 783. The van der Waals surface area contributed by atoms with Crippen LogP contribution in [0.1, 0.15) is 38.2 Å². The van der Waals surface area contributed by atoms with Gasteiger partial charge < -0.3 is 14.6 Å². The van der Waals surface area contributed by atoms with E-state index in [4.69, 9.17) is 13.7 Å². The fourth-order valence-electron chi connectivity index (χ4n) is 5.19. The highest BCUT2D eigenvalue weighted by molar-refractivity contribution is 7.86. The van der Waals surface area contributed by atoms with Gasteiger partial charge in [-0.3, -0.25) is 4.18 Å². The summed E-state index contributed by atoms with van der Waals surface area (Å²) in [6, 6.07) is 6.60. The summed E-state index contributed by atoms with van der Waals surface area (Å²) in [5, 5.41) is 10.6. The molecule has 2 aliphatic carbocycles. The Hall–Kier alpha value is -0.990. The van der Waals surface area contributed by atoms with Crippen LogP contribution in [0.3, 0.4) is 0 Å². The number of hydrogen-bond acceptors (Lipinski definition) is 6. The molecule has 1 N–H and O–H groups in total. The van der Waals surface area contributed by atoms with Gasteiger partial charge in [-0.2, -0.15) is 8.42 Å². The quantitative estimate of drug-likeness (QED) is 0.788. The Balaban J connectivity index is 1.51. The lowest BCUT2D eigenvalue weighted by Gasteiger charge is -2.43. The van der Waals surface area contributed by atoms with Crippen molar-refractivity contribution >= 4 is 10.1 Å². The van der Waals surface area contributed by atoms with Crippen LogP contribution in [-0.4, -0.2) is 45.2 Å². The highest BCUT2D eigenvalue weighted by Crippen LogP contribution is 2.60. The van der Waals surface area contributed by atoms with Crippen molar-refractivity contribution in [3.05, 3.63) is 29.8 Å². The SMILES string of the molecule is Cc1ccc(S(=O)(=O)OC[C@@H]2[C@@H](O)CC[C@]3(C)CC4(C[C@@H]23)OCCO4)cc1. The topological polar surface area (TPSA) is 82.1 Å². The number of ether oxygens (including phenoxy) is 2. The first-order valence-corrected chi connectivity index (χ1v) is 11.1. The predicted octanol–water partition coefficient (Wildman–Crippen LogP) is 2.63. The van der Waals surface area contributed by atoms with Crippen LogP contribution in [0.2, 0.25) is 0 Å². The molecule has 0 radical (unpaired) electrons. The smallest absolute Gasteiger partial charge is 0.296 e. The minimum absolute atomic E-state index is 0.0201. The largest absolute Gasteiger partial charge is 0.393 e. The molecule has 27 heavy (non-hydrogen) atoms. The zero-order valence-corrected chi connectivity index (χ0v) is 16.7. The molecule has 0 amide bonds. The number of benzene rings is 1. The van der Waals surface area contributed by atoms with Gasteiger partial charge in [0.25, 0.3) is 10.1 Å². The summed E-state index contributed by atoms with van der Waals surface area (Å²) in [7, 11) is -3.85. The van der Waals surface area contributed by atoms with Gasteiger partial charge in [-0.1, -0.05) is 24.6 Å². The molecule has 1 aromatic carbocycles. The molecule has 150 valence electrons. The van der Waals surface area contributed by atoms with Crippen LogP contribution in [0, 0.1) is 24.2 Å². The van der Waals surface area contributed by atoms with Crippen LogP contribution in [0.5, 0.6) is 0 Å². The summed E-state index contributed by atoms with van der Waals surface area (Å²) in [5.41, 5.74) is 0.950. The van der Waals surface area contributed by atoms with Gasteiger partial charge in [0.2, 0.25) is 0 Å². The molecule has 1 saturated heterocycles. The van der Waals surface area contributed by atoms with Crippen molar-refractivity contribution in [3.63, 3.8) is 0 Å². The first-order valence-electron chi connectivity index (χ1n) is 9.65. The first kappa shape index (κ1) is 19.3. The van der Waals surface area contributed by atoms with E-state index in [-0.39, 0.29) is 28.8 Å². The Labute approximate surface area is 160 Å². The zero-order chi connectivity index (χ0) is 19.3. The summed E-state index contributed by atoms with van der Waals surface area (Å²) in [6.07, 6.45) is 2.42. The molecular formula is C20H28O6S. The average molecular weight is 397 g/mol. The maximum Gasteiger partial charge on any atom is 0.296 e. The van der Waals surface area contributed by atoms with Crippen LogP contribution >= 0.6 is 0 Å². The molecule has 1 spiro atoms. The minimum Gasteiger partial charge on any atom is -0.393 e. The Morgan fingerprint density at radius 3 is 2.56 bits per heavy atom. The molecule has 0 bridgehead atoms. The molecule has 0 aromatic heterocycles. The molecule has 1 aliphatic heterocycles. The molecular weight excluding hydrogens is 368 g/mol. The van der Waals surface area contributed by atoms with Crippen molar-refractivity contribution in [3.8, 4) is 0 Å². The second-order valence-corrected chi connectivity index (χ2v) is 10.2. The van der Waals surface area contributed by atoms with E-state index in [2.05, 4.69) is 6.92 Å². The van der Waals surface area contributed by atoms with Crippen LogP contribution in [0.25, 0.3) is 0 Å². The highest BCUT2D eigenvalue weighted by Gasteiger charge is 2.60. The molecule has 1 aromatic rings. The standard InChI is InChI=1S/C20H28O6S/c1-14-3-5-15(6-4-14)27(22,23)26-12-16-17-11-20(24-9-10-25-20)13-19(17,2)8-7-18(16)21/h3-6,16-18,21H,7-13H2,1-2H3/t16-,17-,18-,19+/m0/s1. The van der Waals surface area contributed by atoms with E-state index >= 15 is 0 Å². The van der Waals surface area contributed by atoms with Gasteiger partial charge >= 0.3 is 0 Å². The average Bonchev–Trinajstić information content (AvgIpc) is 3.18. The number of aliphatic hydroxyl groups is 1. The summed E-state index contributed by atoms with van der Waals surface area (Å²) in [4.78, 5) is 0.145. The number of rotatable bonds is 4. The van der Waals surface area contributed by atoms with Crippen molar-refractivity contribution in [1.82, 2.24) is 0 Å². The summed E-state index contributed by atoms with van der Waals surface area (Å²) >= 11 is 0. The molecule has 0 unspecified atom stereocenters. The van der Waals surface area contributed by atoms with Gasteiger partial charge in [-0.25, -0.2) is 0 Å². The van der Waals surface area contributed by atoms with Crippen molar-refractivity contribution < 1.29 is 27.2 Å². The van der Waals surface area contributed by atoms with E-state index in [0.717, 1.165) is 18.4 Å². The first-order chi connectivity index (χ1) is 12.7. The third-order valence-electron chi connectivity index (χ3n) is 6.66. The molecule has 3 aliphatic rings. The molecule has 4 atom stereocenters. The van der Waals surface area contributed by atoms with E-state index in [1.165, 1.54) is 0 Å². The third-order valence-corrected chi connectivity index (χ3v) is 7.96. The van der Waals surface area contributed by atoms with E-state index in [1.807, 2.05) is 6.92 Å². The second-order valence-electron chi connectivity index (χ2n) is 8.57. The number of aliphatic hydroxyl groups excluding tert-OH is 1. The molecule has 4 rings (SSSR count). The van der Waals surface area contributed by atoms with E-state index in [1.54, 1.807) is 24.3 Å². The number of fused-ring (bicyclic) bond motifs is 1. The van der Waals surface area contributed by atoms with Crippen molar-refractivity contribution in [2.24, 2.45) is 17.3 Å². The molecule has 6 nitrogen and oxygen atoms in total. The second kappa shape index (κ2) is 6.81. The van der Waals surface area contributed by atoms with E-state index < -0.39 is 22.0 Å². The zero-order valence-electron chi connectivity index (χ0n) is 15.9. The van der Waals surface area contributed by atoms with Gasteiger partial charge in [-0.05, 0) is 43.2 Å². The van der Waals surface area contributed by atoms with Crippen LogP contribution in [0.15, 0.2) is 29.2 Å². The van der Waals surface area contributed by atoms with Crippen LogP contribution < -0.4 is 0 Å². The molecule has 3 fully saturated rings. The summed E-state index contributed by atoms with van der Waals surface area (Å²) in [6.45, 7) is 5.26. The van der Waals surface area contributed by atoms with Gasteiger partial charge in [0.1, 0.15) is 0 Å². The monoisotopic (exact) mass is 396 g/mol.